The first-order valence-electron chi connectivity index (χ1n) is 5.30. The first-order chi connectivity index (χ1) is 8.11. The number of anilines is 1. The summed E-state index contributed by atoms with van der Waals surface area (Å²) in [6.45, 7) is 1.63. The third-order valence-electron chi connectivity index (χ3n) is 2.80. The van der Waals surface area contributed by atoms with Gasteiger partial charge < -0.3 is 10.0 Å². The molecule has 0 fully saturated rings. The Morgan fingerprint density at radius 3 is 2.29 bits per heavy atom. The highest BCUT2D eigenvalue weighted by Crippen LogP contribution is 2.37. The van der Waals surface area contributed by atoms with E-state index in [-0.39, 0.29) is 6.61 Å². The molecule has 1 aliphatic heterocycles. The summed E-state index contributed by atoms with van der Waals surface area (Å²) in [7, 11) is 0. The first-order valence-corrected chi connectivity index (χ1v) is 6.43. The van der Waals surface area contributed by atoms with E-state index in [2.05, 4.69) is 4.90 Å². The van der Waals surface area contributed by atoms with Crippen molar-refractivity contribution in [1.29, 1.82) is 0 Å². The number of nitrogens with zero attached hydrogens (tertiary/aromatic N) is 1. The molecule has 1 aliphatic rings. The Balaban J connectivity index is 2.27. The van der Waals surface area contributed by atoms with E-state index < -0.39 is 0 Å². The Labute approximate surface area is 115 Å². The van der Waals surface area contributed by atoms with Crippen LogP contribution >= 0.6 is 34.8 Å². The van der Waals surface area contributed by atoms with Gasteiger partial charge in [-0.2, -0.15) is 0 Å². The van der Waals surface area contributed by atoms with E-state index in [0.29, 0.717) is 21.6 Å². The molecule has 17 heavy (non-hydrogen) atoms. The molecular formula is C12H12Cl3NO. The quantitative estimate of drug-likeness (QED) is 0.839. The minimum Gasteiger partial charge on any atom is -0.392 e. The molecule has 0 saturated carbocycles. The van der Waals surface area contributed by atoms with Crippen LogP contribution < -0.4 is 4.90 Å². The van der Waals surface area contributed by atoms with Gasteiger partial charge in [-0.25, -0.2) is 0 Å². The van der Waals surface area contributed by atoms with Gasteiger partial charge in [-0.15, -0.1) is 0 Å². The highest BCUT2D eigenvalue weighted by Gasteiger charge is 2.17. The number of aliphatic hydroxyl groups excluding tert-OH is 1. The fourth-order valence-electron chi connectivity index (χ4n) is 1.89. The van der Waals surface area contributed by atoms with Crippen molar-refractivity contribution < 1.29 is 5.11 Å². The fourth-order valence-corrected chi connectivity index (χ4v) is 2.95. The fraction of sp³-hybridized carbons (Fsp3) is 0.333. The molecule has 2 rings (SSSR count). The molecular weight excluding hydrogens is 280 g/mol. The lowest BCUT2D eigenvalue weighted by atomic mass is 10.1. The lowest BCUT2D eigenvalue weighted by Gasteiger charge is -2.29. The maximum absolute atomic E-state index is 9.04. The van der Waals surface area contributed by atoms with Crippen molar-refractivity contribution in [3.8, 4) is 0 Å². The summed E-state index contributed by atoms with van der Waals surface area (Å²) in [4.78, 5) is 2.08. The van der Waals surface area contributed by atoms with E-state index in [4.69, 9.17) is 39.9 Å². The van der Waals surface area contributed by atoms with Gasteiger partial charge in [0.25, 0.3) is 0 Å². The molecule has 1 aromatic carbocycles. The zero-order chi connectivity index (χ0) is 12.4. The molecule has 0 atom stereocenters. The summed E-state index contributed by atoms with van der Waals surface area (Å²) in [5, 5.41) is 10.7. The second-order valence-electron chi connectivity index (χ2n) is 3.93. The normalized spacial score (nSPS) is 16.0. The molecule has 0 bridgehead atoms. The molecule has 0 saturated heterocycles. The maximum atomic E-state index is 9.04. The van der Waals surface area contributed by atoms with Gasteiger partial charge in [-0.1, -0.05) is 40.9 Å². The predicted molar refractivity (Wildman–Crippen MR) is 73.5 cm³/mol. The minimum atomic E-state index is 0.121. The van der Waals surface area contributed by atoms with Crippen LogP contribution in [0.2, 0.25) is 15.1 Å². The van der Waals surface area contributed by atoms with E-state index in [1.165, 1.54) is 0 Å². The molecule has 1 N–H and O–H groups in total. The molecule has 1 aromatic rings. The molecule has 0 amide bonds. The van der Waals surface area contributed by atoms with Gasteiger partial charge in [0.05, 0.1) is 22.3 Å². The zero-order valence-electron chi connectivity index (χ0n) is 9.09. The third kappa shape index (κ3) is 2.89. The molecule has 92 valence electrons. The Kier molecular flexibility index (Phi) is 4.21. The highest BCUT2D eigenvalue weighted by atomic mass is 35.5. The number of benzene rings is 1. The molecule has 1 heterocycles. The van der Waals surface area contributed by atoms with Crippen molar-refractivity contribution in [1.82, 2.24) is 0 Å². The summed E-state index contributed by atoms with van der Waals surface area (Å²) < 4.78 is 0. The standard InChI is InChI=1S/C12H12Cl3NO/c13-9-5-10(14)12(11(15)6-9)16-3-1-8(7-17)2-4-16/h1,5-6,17H,2-4,7H2. The van der Waals surface area contributed by atoms with E-state index in [9.17, 15) is 0 Å². The summed E-state index contributed by atoms with van der Waals surface area (Å²) >= 11 is 18.2. The van der Waals surface area contributed by atoms with E-state index in [0.717, 1.165) is 24.2 Å². The van der Waals surface area contributed by atoms with Crippen LogP contribution in [-0.2, 0) is 0 Å². The average Bonchev–Trinajstić information content (AvgIpc) is 2.28. The van der Waals surface area contributed by atoms with Gasteiger partial charge in [0.1, 0.15) is 0 Å². The van der Waals surface area contributed by atoms with Crippen molar-refractivity contribution in [2.45, 2.75) is 6.42 Å². The van der Waals surface area contributed by atoms with Crippen LogP contribution in [0.4, 0.5) is 5.69 Å². The summed E-state index contributed by atoms with van der Waals surface area (Å²) in [5.41, 5.74) is 1.87. The first kappa shape index (κ1) is 13.0. The van der Waals surface area contributed by atoms with Crippen molar-refractivity contribution >= 4 is 40.5 Å². The van der Waals surface area contributed by atoms with Gasteiger partial charge in [-0.3, -0.25) is 0 Å². The topological polar surface area (TPSA) is 23.5 Å². The van der Waals surface area contributed by atoms with E-state index in [1.807, 2.05) is 6.08 Å². The Hall–Kier alpha value is -0.410. The highest BCUT2D eigenvalue weighted by molar-refractivity contribution is 6.41. The maximum Gasteiger partial charge on any atom is 0.0748 e. The van der Waals surface area contributed by atoms with Crippen molar-refractivity contribution in [3.63, 3.8) is 0 Å². The second-order valence-corrected chi connectivity index (χ2v) is 5.19. The van der Waals surface area contributed by atoms with Crippen LogP contribution in [0.25, 0.3) is 0 Å². The van der Waals surface area contributed by atoms with E-state index >= 15 is 0 Å². The van der Waals surface area contributed by atoms with Crippen LogP contribution in [0.5, 0.6) is 0 Å². The number of aliphatic hydroxyl groups is 1. The van der Waals surface area contributed by atoms with Crippen LogP contribution in [0.1, 0.15) is 6.42 Å². The van der Waals surface area contributed by atoms with Crippen molar-refractivity contribution in [2.24, 2.45) is 0 Å². The van der Waals surface area contributed by atoms with Gasteiger partial charge in [-0.05, 0) is 24.1 Å². The Morgan fingerprint density at radius 2 is 1.82 bits per heavy atom. The average molecular weight is 293 g/mol. The third-order valence-corrected chi connectivity index (χ3v) is 3.60. The van der Waals surface area contributed by atoms with Crippen LogP contribution in [-0.4, -0.2) is 24.8 Å². The van der Waals surface area contributed by atoms with Gasteiger partial charge in [0.2, 0.25) is 0 Å². The van der Waals surface area contributed by atoms with Crippen molar-refractivity contribution in [3.05, 3.63) is 38.8 Å². The molecule has 5 heteroatoms. The summed E-state index contributed by atoms with van der Waals surface area (Å²) in [6, 6.07) is 3.38. The summed E-state index contributed by atoms with van der Waals surface area (Å²) in [6.07, 6.45) is 2.83. The molecule has 0 aliphatic carbocycles. The summed E-state index contributed by atoms with van der Waals surface area (Å²) in [5.74, 6) is 0. The minimum absolute atomic E-state index is 0.121. The molecule has 2 nitrogen and oxygen atoms in total. The van der Waals surface area contributed by atoms with Gasteiger partial charge >= 0.3 is 0 Å². The lowest BCUT2D eigenvalue weighted by Crippen LogP contribution is -2.29. The molecule has 0 unspecified atom stereocenters. The molecule has 0 aromatic heterocycles. The molecule has 0 radical (unpaired) electrons. The number of hydrogen-bond acceptors (Lipinski definition) is 2. The van der Waals surface area contributed by atoms with Crippen LogP contribution in [0, 0.1) is 0 Å². The Morgan fingerprint density at radius 1 is 1.18 bits per heavy atom. The van der Waals surface area contributed by atoms with Crippen LogP contribution in [0.15, 0.2) is 23.8 Å². The second kappa shape index (κ2) is 5.49. The van der Waals surface area contributed by atoms with Gasteiger partial charge in [0, 0.05) is 18.1 Å². The predicted octanol–water partition coefficient (Wildman–Crippen LogP) is 3.78. The zero-order valence-corrected chi connectivity index (χ0v) is 11.4. The molecule has 0 spiro atoms. The smallest absolute Gasteiger partial charge is 0.0748 e. The van der Waals surface area contributed by atoms with Crippen LogP contribution in [0.3, 0.4) is 0 Å². The lowest BCUT2D eigenvalue weighted by molar-refractivity contribution is 0.325. The largest absolute Gasteiger partial charge is 0.392 e. The Bertz CT molecular complexity index is 436. The number of rotatable bonds is 2. The van der Waals surface area contributed by atoms with Crippen molar-refractivity contribution in [2.75, 3.05) is 24.6 Å². The number of hydrogen-bond donors (Lipinski definition) is 1. The number of halogens is 3. The SMILES string of the molecule is OCC1=CCN(c2c(Cl)cc(Cl)cc2Cl)CC1. The monoisotopic (exact) mass is 291 g/mol. The van der Waals surface area contributed by atoms with Gasteiger partial charge in [0.15, 0.2) is 0 Å². The van der Waals surface area contributed by atoms with E-state index in [1.54, 1.807) is 12.1 Å².